The molecule has 0 saturated heterocycles. The van der Waals surface area contributed by atoms with Crippen LogP contribution in [-0.4, -0.2) is 36.5 Å². The molecule has 2 aromatic carbocycles. The van der Waals surface area contributed by atoms with Crippen LogP contribution in [-0.2, 0) is 16.0 Å². The number of nitrogens with zero attached hydrogens (tertiary/aromatic N) is 1. The molecule has 2 atom stereocenters. The molecule has 0 saturated carbocycles. The van der Waals surface area contributed by atoms with E-state index < -0.39 is 12.1 Å². The standard InChI is InChI=1S/C21H23NO4/c1-4-22(14(2)15-9-7-10-17(12-15)25-3)20(23)19-13-16-8-5-6-11-18(16)21(24)26-19/h5-12,14,19H,4,13H2,1-3H3. The molecular formula is C21H23NO4. The molecule has 5 nitrogen and oxygen atoms in total. The quantitative estimate of drug-likeness (QED) is 0.773. The Kier molecular flexibility index (Phi) is 5.26. The number of cyclic esters (lactones) is 1. The highest BCUT2D eigenvalue weighted by Gasteiger charge is 2.35. The molecule has 0 N–H and O–H groups in total. The summed E-state index contributed by atoms with van der Waals surface area (Å²) in [5, 5.41) is 0. The van der Waals surface area contributed by atoms with Crippen LogP contribution in [0, 0.1) is 0 Å². The molecule has 0 bridgehead atoms. The second-order valence-corrected chi connectivity index (χ2v) is 6.33. The van der Waals surface area contributed by atoms with E-state index in [-0.39, 0.29) is 11.9 Å². The van der Waals surface area contributed by atoms with Gasteiger partial charge in [-0.25, -0.2) is 4.79 Å². The number of carbonyl (C=O) groups excluding carboxylic acids is 2. The fraction of sp³-hybridized carbons (Fsp3) is 0.333. The molecule has 1 heterocycles. The van der Waals surface area contributed by atoms with Gasteiger partial charge in [-0.3, -0.25) is 4.79 Å². The smallest absolute Gasteiger partial charge is 0.339 e. The fourth-order valence-electron chi connectivity index (χ4n) is 3.36. The van der Waals surface area contributed by atoms with Gasteiger partial charge in [0.25, 0.3) is 5.91 Å². The zero-order valence-electron chi connectivity index (χ0n) is 15.3. The van der Waals surface area contributed by atoms with E-state index in [9.17, 15) is 9.59 Å². The van der Waals surface area contributed by atoms with E-state index in [2.05, 4.69) is 0 Å². The number of hydrogen-bond acceptors (Lipinski definition) is 4. The summed E-state index contributed by atoms with van der Waals surface area (Å²) >= 11 is 0. The molecule has 2 aromatic rings. The monoisotopic (exact) mass is 353 g/mol. The lowest BCUT2D eigenvalue weighted by Crippen LogP contribution is -2.45. The van der Waals surface area contributed by atoms with Crippen LogP contribution in [0.1, 0.15) is 41.4 Å². The lowest BCUT2D eigenvalue weighted by molar-refractivity contribution is -0.143. The third-order valence-corrected chi connectivity index (χ3v) is 4.83. The van der Waals surface area contributed by atoms with Crippen molar-refractivity contribution < 1.29 is 19.1 Å². The molecule has 5 heteroatoms. The van der Waals surface area contributed by atoms with E-state index in [1.807, 2.05) is 50.2 Å². The Morgan fingerprint density at radius 3 is 2.77 bits per heavy atom. The molecule has 0 spiro atoms. The lowest BCUT2D eigenvalue weighted by atomic mass is 9.97. The molecule has 1 aliphatic heterocycles. The van der Waals surface area contributed by atoms with Crippen molar-refractivity contribution >= 4 is 11.9 Å². The van der Waals surface area contributed by atoms with Gasteiger partial charge < -0.3 is 14.4 Å². The first-order chi connectivity index (χ1) is 12.5. The van der Waals surface area contributed by atoms with Gasteiger partial charge in [-0.2, -0.15) is 0 Å². The highest BCUT2D eigenvalue weighted by Crippen LogP contribution is 2.27. The van der Waals surface area contributed by atoms with Crippen molar-refractivity contribution in [2.45, 2.75) is 32.4 Å². The van der Waals surface area contributed by atoms with Crippen molar-refractivity contribution in [1.82, 2.24) is 4.90 Å². The largest absolute Gasteiger partial charge is 0.497 e. The number of esters is 1. The Balaban J connectivity index is 1.82. The van der Waals surface area contributed by atoms with Gasteiger partial charge >= 0.3 is 5.97 Å². The van der Waals surface area contributed by atoms with Crippen LogP contribution in [0.15, 0.2) is 48.5 Å². The van der Waals surface area contributed by atoms with Crippen LogP contribution in [0.5, 0.6) is 5.75 Å². The van der Waals surface area contributed by atoms with Crippen LogP contribution in [0.4, 0.5) is 0 Å². The summed E-state index contributed by atoms with van der Waals surface area (Å²) in [6.45, 7) is 4.41. The lowest BCUT2D eigenvalue weighted by Gasteiger charge is -2.33. The van der Waals surface area contributed by atoms with Gasteiger partial charge in [-0.1, -0.05) is 30.3 Å². The van der Waals surface area contributed by atoms with Crippen molar-refractivity contribution in [1.29, 1.82) is 0 Å². The topological polar surface area (TPSA) is 55.8 Å². The number of amides is 1. The molecule has 0 aliphatic carbocycles. The predicted molar refractivity (Wildman–Crippen MR) is 98.1 cm³/mol. The van der Waals surface area contributed by atoms with Crippen molar-refractivity contribution in [2.75, 3.05) is 13.7 Å². The molecule has 26 heavy (non-hydrogen) atoms. The number of benzene rings is 2. The second-order valence-electron chi connectivity index (χ2n) is 6.33. The van der Waals surface area contributed by atoms with E-state index in [4.69, 9.17) is 9.47 Å². The molecular weight excluding hydrogens is 330 g/mol. The van der Waals surface area contributed by atoms with Gasteiger partial charge in [0, 0.05) is 13.0 Å². The van der Waals surface area contributed by atoms with Crippen LogP contribution >= 0.6 is 0 Å². The van der Waals surface area contributed by atoms with Crippen molar-refractivity contribution in [3.8, 4) is 5.75 Å². The highest BCUT2D eigenvalue weighted by molar-refractivity contribution is 5.95. The maximum absolute atomic E-state index is 13.1. The van der Waals surface area contributed by atoms with Gasteiger partial charge in [0.15, 0.2) is 6.10 Å². The first-order valence-electron chi connectivity index (χ1n) is 8.78. The maximum atomic E-state index is 13.1. The van der Waals surface area contributed by atoms with E-state index in [1.54, 1.807) is 24.1 Å². The van der Waals surface area contributed by atoms with Crippen LogP contribution in [0.3, 0.4) is 0 Å². The Labute approximate surface area is 153 Å². The molecule has 0 radical (unpaired) electrons. The van der Waals surface area contributed by atoms with Gasteiger partial charge in [-0.05, 0) is 43.2 Å². The highest BCUT2D eigenvalue weighted by atomic mass is 16.5. The minimum Gasteiger partial charge on any atom is -0.497 e. The van der Waals surface area contributed by atoms with E-state index in [0.717, 1.165) is 16.9 Å². The number of rotatable bonds is 5. The Hall–Kier alpha value is -2.82. The number of likely N-dealkylation sites (N-methyl/N-ethyl adjacent to an activating group) is 1. The molecule has 1 aliphatic rings. The minimum absolute atomic E-state index is 0.154. The minimum atomic E-state index is -0.787. The first kappa shape index (κ1) is 18.0. The summed E-state index contributed by atoms with van der Waals surface area (Å²) in [6.07, 6.45) is -0.382. The van der Waals surface area contributed by atoms with Gasteiger partial charge in [0.05, 0.1) is 18.7 Å². The normalized spacial score (nSPS) is 17.0. The zero-order valence-corrected chi connectivity index (χ0v) is 15.3. The Morgan fingerprint density at radius 2 is 2.04 bits per heavy atom. The van der Waals surface area contributed by atoms with Gasteiger partial charge in [0.1, 0.15) is 5.75 Å². The average Bonchev–Trinajstić information content (AvgIpc) is 2.68. The fourth-order valence-corrected chi connectivity index (χ4v) is 3.36. The SMILES string of the molecule is CCN(C(=O)C1Cc2ccccc2C(=O)O1)C(C)c1cccc(OC)c1. The molecule has 0 aromatic heterocycles. The molecule has 1 amide bonds. The molecule has 2 unspecified atom stereocenters. The number of ether oxygens (including phenoxy) is 2. The maximum Gasteiger partial charge on any atom is 0.339 e. The van der Waals surface area contributed by atoms with Gasteiger partial charge in [-0.15, -0.1) is 0 Å². The van der Waals surface area contributed by atoms with Crippen LogP contribution in [0.2, 0.25) is 0 Å². The summed E-state index contributed by atoms with van der Waals surface area (Å²) < 4.78 is 10.7. The first-order valence-corrected chi connectivity index (χ1v) is 8.78. The van der Waals surface area contributed by atoms with E-state index in [1.165, 1.54) is 0 Å². The van der Waals surface area contributed by atoms with Gasteiger partial charge in [0.2, 0.25) is 0 Å². The summed E-state index contributed by atoms with van der Waals surface area (Å²) in [5.74, 6) is 0.136. The number of hydrogen-bond donors (Lipinski definition) is 0. The van der Waals surface area contributed by atoms with E-state index >= 15 is 0 Å². The third kappa shape index (κ3) is 3.43. The van der Waals surface area contributed by atoms with Crippen LogP contribution < -0.4 is 4.74 Å². The van der Waals surface area contributed by atoms with Crippen molar-refractivity contribution in [3.63, 3.8) is 0 Å². The molecule has 136 valence electrons. The van der Waals surface area contributed by atoms with E-state index in [0.29, 0.717) is 18.5 Å². The van der Waals surface area contributed by atoms with Crippen LogP contribution in [0.25, 0.3) is 0 Å². The summed E-state index contributed by atoms with van der Waals surface area (Å²) in [6, 6.07) is 14.8. The van der Waals surface area contributed by atoms with Crippen molar-refractivity contribution in [2.24, 2.45) is 0 Å². The Bertz CT molecular complexity index is 817. The van der Waals surface area contributed by atoms with Crippen molar-refractivity contribution in [3.05, 3.63) is 65.2 Å². The zero-order chi connectivity index (χ0) is 18.7. The Morgan fingerprint density at radius 1 is 1.27 bits per heavy atom. The molecule has 0 fully saturated rings. The number of fused-ring (bicyclic) bond motifs is 1. The second kappa shape index (κ2) is 7.60. The summed E-state index contributed by atoms with van der Waals surface area (Å²) in [7, 11) is 1.62. The molecule has 3 rings (SSSR count). The summed E-state index contributed by atoms with van der Waals surface area (Å²) in [5.41, 5.74) is 2.37. The number of carbonyl (C=O) groups is 2. The average molecular weight is 353 g/mol. The predicted octanol–water partition coefficient (Wildman–Crippen LogP) is 3.39. The summed E-state index contributed by atoms with van der Waals surface area (Å²) in [4.78, 5) is 27.0. The third-order valence-electron chi connectivity index (χ3n) is 4.83. The number of methoxy groups -OCH3 is 1.